The summed E-state index contributed by atoms with van der Waals surface area (Å²) in [6.45, 7) is 11.1. The third-order valence-corrected chi connectivity index (χ3v) is 3.14. The van der Waals surface area contributed by atoms with E-state index in [9.17, 15) is 0 Å². The number of hydrogen-bond acceptors (Lipinski definition) is 0. The molecule has 0 aliphatic heterocycles. The standard InChI is InChI=1S/C15H21N/c1-6-11-7-10(2)8-12-9-13(15(3,4)5)16-14(11)12/h7-9,16H,6H2,1-5H3. The minimum Gasteiger partial charge on any atom is -0.358 e. The van der Waals surface area contributed by atoms with Crippen LogP contribution < -0.4 is 0 Å². The van der Waals surface area contributed by atoms with Gasteiger partial charge in [0.25, 0.3) is 0 Å². The highest BCUT2D eigenvalue weighted by Gasteiger charge is 2.17. The van der Waals surface area contributed by atoms with Gasteiger partial charge in [-0.25, -0.2) is 0 Å². The maximum absolute atomic E-state index is 3.58. The van der Waals surface area contributed by atoms with Crippen LogP contribution in [0.3, 0.4) is 0 Å². The second-order valence-electron chi connectivity index (χ2n) is 5.67. The highest BCUT2D eigenvalue weighted by molar-refractivity contribution is 5.84. The summed E-state index contributed by atoms with van der Waals surface area (Å²) in [6, 6.07) is 6.84. The van der Waals surface area contributed by atoms with Gasteiger partial charge in [0.2, 0.25) is 0 Å². The molecule has 0 amide bonds. The summed E-state index contributed by atoms with van der Waals surface area (Å²) in [7, 11) is 0. The Morgan fingerprint density at radius 1 is 1.12 bits per heavy atom. The van der Waals surface area contributed by atoms with Crippen LogP contribution in [0.4, 0.5) is 0 Å². The average molecular weight is 215 g/mol. The minimum absolute atomic E-state index is 0.192. The molecule has 0 spiro atoms. The Morgan fingerprint density at radius 3 is 2.38 bits per heavy atom. The molecule has 0 unspecified atom stereocenters. The summed E-state index contributed by atoms with van der Waals surface area (Å²) in [5.41, 5.74) is 5.60. The van der Waals surface area contributed by atoms with Crippen LogP contribution in [-0.2, 0) is 11.8 Å². The summed E-state index contributed by atoms with van der Waals surface area (Å²) >= 11 is 0. The molecule has 1 aromatic heterocycles. The zero-order valence-corrected chi connectivity index (χ0v) is 10.9. The van der Waals surface area contributed by atoms with E-state index in [4.69, 9.17) is 0 Å². The Bertz CT molecular complexity index is 512. The molecule has 16 heavy (non-hydrogen) atoms. The van der Waals surface area contributed by atoms with Crippen molar-refractivity contribution in [1.82, 2.24) is 4.98 Å². The lowest BCUT2D eigenvalue weighted by molar-refractivity contribution is 0.574. The molecule has 0 saturated carbocycles. The van der Waals surface area contributed by atoms with E-state index >= 15 is 0 Å². The molecule has 1 nitrogen and oxygen atoms in total. The second-order valence-corrected chi connectivity index (χ2v) is 5.67. The number of aromatic nitrogens is 1. The molecular formula is C15H21N. The van der Waals surface area contributed by atoms with Crippen LogP contribution in [-0.4, -0.2) is 4.98 Å². The Labute approximate surface area is 97.9 Å². The van der Waals surface area contributed by atoms with Crippen molar-refractivity contribution in [1.29, 1.82) is 0 Å². The Hall–Kier alpha value is -1.24. The molecule has 0 atom stereocenters. The number of rotatable bonds is 1. The van der Waals surface area contributed by atoms with Crippen LogP contribution in [0.25, 0.3) is 10.9 Å². The average Bonchev–Trinajstić information content (AvgIpc) is 2.59. The van der Waals surface area contributed by atoms with Gasteiger partial charge in [-0.2, -0.15) is 0 Å². The van der Waals surface area contributed by atoms with Gasteiger partial charge >= 0.3 is 0 Å². The van der Waals surface area contributed by atoms with Gasteiger partial charge in [0, 0.05) is 22.0 Å². The normalized spacial score (nSPS) is 12.3. The van der Waals surface area contributed by atoms with Crippen molar-refractivity contribution >= 4 is 10.9 Å². The third kappa shape index (κ3) is 1.87. The van der Waals surface area contributed by atoms with Crippen molar-refractivity contribution in [2.75, 3.05) is 0 Å². The maximum Gasteiger partial charge on any atom is 0.0488 e. The first-order chi connectivity index (χ1) is 7.41. The molecule has 1 heteroatoms. The number of nitrogens with one attached hydrogen (secondary N) is 1. The second kappa shape index (κ2) is 3.65. The van der Waals surface area contributed by atoms with Gasteiger partial charge in [-0.3, -0.25) is 0 Å². The fourth-order valence-corrected chi connectivity index (χ4v) is 2.17. The molecule has 0 aliphatic rings. The molecule has 0 fully saturated rings. The van der Waals surface area contributed by atoms with E-state index in [1.807, 2.05) is 0 Å². The van der Waals surface area contributed by atoms with E-state index in [2.05, 4.69) is 57.8 Å². The van der Waals surface area contributed by atoms with Crippen molar-refractivity contribution in [2.45, 2.75) is 46.5 Å². The van der Waals surface area contributed by atoms with E-state index in [1.54, 1.807) is 0 Å². The van der Waals surface area contributed by atoms with Crippen LogP contribution in [0.5, 0.6) is 0 Å². The smallest absolute Gasteiger partial charge is 0.0488 e. The van der Waals surface area contributed by atoms with Crippen LogP contribution >= 0.6 is 0 Å². The predicted molar refractivity (Wildman–Crippen MR) is 71.1 cm³/mol. The molecule has 2 aromatic rings. The van der Waals surface area contributed by atoms with Crippen LogP contribution in [0, 0.1) is 6.92 Å². The van der Waals surface area contributed by atoms with E-state index < -0.39 is 0 Å². The molecule has 1 N–H and O–H groups in total. The number of H-pyrrole nitrogens is 1. The molecule has 1 heterocycles. The third-order valence-electron chi connectivity index (χ3n) is 3.14. The fourth-order valence-electron chi connectivity index (χ4n) is 2.17. The number of fused-ring (bicyclic) bond motifs is 1. The molecule has 86 valence electrons. The lowest BCUT2D eigenvalue weighted by atomic mass is 9.92. The van der Waals surface area contributed by atoms with E-state index in [1.165, 1.54) is 27.7 Å². The molecule has 2 rings (SSSR count). The van der Waals surface area contributed by atoms with Crippen molar-refractivity contribution in [3.8, 4) is 0 Å². The SMILES string of the molecule is CCc1cc(C)cc2cc(C(C)(C)C)[nH]c12. The van der Waals surface area contributed by atoms with E-state index in [0.717, 1.165) is 6.42 Å². The van der Waals surface area contributed by atoms with Gasteiger partial charge < -0.3 is 4.98 Å². The predicted octanol–water partition coefficient (Wildman–Crippen LogP) is 4.34. The topological polar surface area (TPSA) is 15.8 Å². The van der Waals surface area contributed by atoms with Crippen molar-refractivity contribution in [3.63, 3.8) is 0 Å². The number of aromatic amines is 1. The van der Waals surface area contributed by atoms with Crippen LogP contribution in [0.15, 0.2) is 18.2 Å². The highest BCUT2D eigenvalue weighted by atomic mass is 14.7. The Morgan fingerprint density at radius 2 is 1.81 bits per heavy atom. The number of hydrogen-bond donors (Lipinski definition) is 1. The zero-order valence-electron chi connectivity index (χ0n) is 10.9. The van der Waals surface area contributed by atoms with Crippen LogP contribution in [0.2, 0.25) is 0 Å². The lowest BCUT2D eigenvalue weighted by Crippen LogP contribution is -2.11. The fraction of sp³-hybridized carbons (Fsp3) is 0.467. The molecule has 1 aromatic carbocycles. The first-order valence-corrected chi connectivity index (χ1v) is 6.04. The van der Waals surface area contributed by atoms with E-state index in [-0.39, 0.29) is 5.41 Å². The largest absolute Gasteiger partial charge is 0.358 e. The summed E-state index contributed by atoms with van der Waals surface area (Å²) in [6.07, 6.45) is 1.09. The number of benzene rings is 1. The lowest BCUT2D eigenvalue weighted by Gasteiger charge is -2.15. The maximum atomic E-state index is 3.58. The van der Waals surface area contributed by atoms with Gasteiger partial charge in [0.1, 0.15) is 0 Å². The quantitative estimate of drug-likeness (QED) is 0.728. The van der Waals surface area contributed by atoms with Gasteiger partial charge in [-0.15, -0.1) is 0 Å². The van der Waals surface area contributed by atoms with Crippen LogP contribution in [0.1, 0.15) is 44.5 Å². The molecule has 0 saturated heterocycles. The van der Waals surface area contributed by atoms with Crippen molar-refractivity contribution in [3.05, 3.63) is 35.0 Å². The van der Waals surface area contributed by atoms with Gasteiger partial charge in [0.05, 0.1) is 0 Å². The van der Waals surface area contributed by atoms with Gasteiger partial charge in [0.15, 0.2) is 0 Å². The summed E-state index contributed by atoms with van der Waals surface area (Å²) in [4.78, 5) is 3.58. The molecule has 0 bridgehead atoms. The van der Waals surface area contributed by atoms with E-state index in [0.29, 0.717) is 0 Å². The molecule has 0 aliphatic carbocycles. The first kappa shape index (κ1) is 11.3. The molecule has 0 radical (unpaired) electrons. The Kier molecular flexibility index (Phi) is 2.57. The van der Waals surface area contributed by atoms with Crippen molar-refractivity contribution < 1.29 is 0 Å². The van der Waals surface area contributed by atoms with Crippen molar-refractivity contribution in [2.24, 2.45) is 0 Å². The minimum atomic E-state index is 0.192. The highest BCUT2D eigenvalue weighted by Crippen LogP contribution is 2.28. The number of aryl methyl sites for hydroxylation is 2. The summed E-state index contributed by atoms with van der Waals surface area (Å²) < 4.78 is 0. The van der Waals surface area contributed by atoms with Gasteiger partial charge in [-0.1, -0.05) is 39.3 Å². The Balaban J connectivity index is 2.70. The first-order valence-electron chi connectivity index (χ1n) is 6.04. The monoisotopic (exact) mass is 215 g/mol. The molecular weight excluding hydrogens is 194 g/mol. The zero-order chi connectivity index (χ0) is 11.9. The van der Waals surface area contributed by atoms with Gasteiger partial charge in [-0.05, 0) is 31.0 Å². The summed E-state index contributed by atoms with van der Waals surface area (Å²) in [5.74, 6) is 0. The summed E-state index contributed by atoms with van der Waals surface area (Å²) in [5, 5.41) is 1.35.